The Morgan fingerprint density at radius 1 is 1.31 bits per heavy atom. The van der Waals surface area contributed by atoms with Crippen LogP contribution in [0, 0.1) is 0 Å². The van der Waals surface area contributed by atoms with Crippen LogP contribution in [0.1, 0.15) is 44.1 Å². The average molecular weight is 218 g/mol. The van der Waals surface area contributed by atoms with Gasteiger partial charge in [-0.3, -0.25) is 0 Å². The van der Waals surface area contributed by atoms with Crippen molar-refractivity contribution in [1.29, 1.82) is 0 Å². The molecular formula is C15H22O. The summed E-state index contributed by atoms with van der Waals surface area (Å²) in [4.78, 5) is 0. The summed E-state index contributed by atoms with van der Waals surface area (Å²) in [6.45, 7) is 5.83. The van der Waals surface area contributed by atoms with Crippen LogP contribution in [-0.2, 0) is 0 Å². The van der Waals surface area contributed by atoms with Gasteiger partial charge in [0.2, 0.25) is 0 Å². The van der Waals surface area contributed by atoms with Crippen molar-refractivity contribution in [2.75, 3.05) is 0 Å². The third kappa shape index (κ3) is 3.82. The minimum atomic E-state index is -0.229. The van der Waals surface area contributed by atoms with Crippen LogP contribution in [0.5, 0.6) is 0 Å². The molecule has 1 aromatic carbocycles. The smallest absolute Gasteiger partial charge is 0.0608 e. The molecule has 0 saturated heterocycles. The third-order valence-corrected chi connectivity index (χ3v) is 3.04. The molecule has 0 amide bonds. The van der Waals surface area contributed by atoms with E-state index in [9.17, 15) is 5.11 Å². The number of rotatable bonds is 7. The summed E-state index contributed by atoms with van der Waals surface area (Å²) in [6, 6.07) is 10.3. The number of allylic oxidation sites excluding steroid dienone is 1. The van der Waals surface area contributed by atoms with Crippen LogP contribution >= 0.6 is 0 Å². The van der Waals surface area contributed by atoms with Crippen molar-refractivity contribution in [3.63, 3.8) is 0 Å². The molecule has 2 atom stereocenters. The second-order valence-electron chi connectivity index (χ2n) is 4.21. The highest BCUT2D eigenvalue weighted by molar-refractivity contribution is 5.20. The Balaban J connectivity index is 2.56. The average Bonchev–Trinajstić information content (AvgIpc) is 2.32. The maximum atomic E-state index is 10.2. The normalized spacial score (nSPS) is 14.4. The molecule has 16 heavy (non-hydrogen) atoms. The molecule has 0 radical (unpaired) electrons. The maximum absolute atomic E-state index is 10.2. The molecule has 0 aliphatic rings. The Kier molecular flexibility index (Phi) is 5.87. The first-order chi connectivity index (χ1) is 7.79. The second kappa shape index (κ2) is 7.24. The Labute approximate surface area is 98.8 Å². The minimum Gasteiger partial charge on any atom is -0.392 e. The molecule has 88 valence electrons. The van der Waals surface area contributed by atoms with Crippen molar-refractivity contribution in [2.45, 2.75) is 44.6 Å². The van der Waals surface area contributed by atoms with Crippen molar-refractivity contribution < 1.29 is 5.11 Å². The summed E-state index contributed by atoms with van der Waals surface area (Å²) in [5, 5.41) is 10.2. The zero-order valence-corrected chi connectivity index (χ0v) is 10.1. The Morgan fingerprint density at radius 3 is 2.56 bits per heavy atom. The van der Waals surface area contributed by atoms with Crippen LogP contribution in [0.4, 0.5) is 0 Å². The number of benzene rings is 1. The molecule has 0 aromatic heterocycles. The van der Waals surface area contributed by atoms with Gasteiger partial charge in [-0.1, -0.05) is 43.3 Å². The van der Waals surface area contributed by atoms with Crippen LogP contribution in [-0.4, -0.2) is 11.2 Å². The van der Waals surface area contributed by atoms with E-state index in [1.165, 1.54) is 5.56 Å². The van der Waals surface area contributed by atoms with Gasteiger partial charge in [-0.05, 0) is 31.2 Å². The molecule has 0 heterocycles. The summed E-state index contributed by atoms with van der Waals surface area (Å²) in [5.74, 6) is 0.269. The summed E-state index contributed by atoms with van der Waals surface area (Å²) < 4.78 is 0. The molecule has 1 aromatic rings. The van der Waals surface area contributed by atoms with E-state index in [0.717, 1.165) is 25.7 Å². The lowest BCUT2D eigenvalue weighted by atomic mass is 9.88. The first-order valence-corrected chi connectivity index (χ1v) is 6.13. The van der Waals surface area contributed by atoms with E-state index in [1.807, 2.05) is 24.3 Å². The van der Waals surface area contributed by atoms with Gasteiger partial charge in [0.25, 0.3) is 0 Å². The van der Waals surface area contributed by atoms with E-state index in [1.54, 1.807) is 0 Å². The lowest BCUT2D eigenvalue weighted by Gasteiger charge is -2.21. The van der Waals surface area contributed by atoms with Crippen molar-refractivity contribution in [2.24, 2.45) is 0 Å². The van der Waals surface area contributed by atoms with Gasteiger partial charge in [0, 0.05) is 5.92 Å². The SMILES string of the molecule is C=CCCCC(O)C(CC)c1ccccc1. The zero-order valence-electron chi connectivity index (χ0n) is 10.1. The van der Waals surface area contributed by atoms with Gasteiger partial charge in [-0.25, -0.2) is 0 Å². The van der Waals surface area contributed by atoms with Crippen LogP contribution in [0.25, 0.3) is 0 Å². The number of aliphatic hydroxyl groups excluding tert-OH is 1. The molecule has 1 rings (SSSR count). The van der Waals surface area contributed by atoms with Gasteiger partial charge < -0.3 is 5.11 Å². The van der Waals surface area contributed by atoms with E-state index >= 15 is 0 Å². The topological polar surface area (TPSA) is 20.2 Å². The van der Waals surface area contributed by atoms with Gasteiger partial charge in [0.15, 0.2) is 0 Å². The quantitative estimate of drug-likeness (QED) is 0.543. The van der Waals surface area contributed by atoms with Gasteiger partial charge in [0.05, 0.1) is 6.10 Å². The molecule has 2 unspecified atom stereocenters. The number of aliphatic hydroxyl groups is 1. The number of unbranched alkanes of at least 4 members (excludes halogenated alkanes) is 1. The second-order valence-corrected chi connectivity index (χ2v) is 4.21. The van der Waals surface area contributed by atoms with E-state index < -0.39 is 0 Å². The van der Waals surface area contributed by atoms with E-state index in [2.05, 4.69) is 25.6 Å². The first kappa shape index (κ1) is 13.0. The first-order valence-electron chi connectivity index (χ1n) is 6.13. The van der Waals surface area contributed by atoms with Crippen molar-refractivity contribution in [3.8, 4) is 0 Å². The molecule has 0 bridgehead atoms. The summed E-state index contributed by atoms with van der Waals surface area (Å²) in [5.41, 5.74) is 1.25. The van der Waals surface area contributed by atoms with E-state index in [-0.39, 0.29) is 12.0 Å². The highest BCUT2D eigenvalue weighted by Crippen LogP contribution is 2.25. The number of hydrogen-bond donors (Lipinski definition) is 1. The van der Waals surface area contributed by atoms with Gasteiger partial charge in [-0.15, -0.1) is 6.58 Å². The highest BCUT2D eigenvalue weighted by atomic mass is 16.3. The molecule has 1 N–H and O–H groups in total. The van der Waals surface area contributed by atoms with Crippen LogP contribution < -0.4 is 0 Å². The third-order valence-electron chi connectivity index (χ3n) is 3.04. The Hall–Kier alpha value is -1.08. The van der Waals surface area contributed by atoms with Crippen LogP contribution in [0.15, 0.2) is 43.0 Å². The molecule has 0 fully saturated rings. The van der Waals surface area contributed by atoms with Crippen LogP contribution in [0.3, 0.4) is 0 Å². The lowest BCUT2D eigenvalue weighted by Crippen LogP contribution is -2.17. The highest BCUT2D eigenvalue weighted by Gasteiger charge is 2.18. The largest absolute Gasteiger partial charge is 0.392 e. The van der Waals surface area contributed by atoms with Crippen molar-refractivity contribution >= 4 is 0 Å². The summed E-state index contributed by atoms with van der Waals surface area (Å²) >= 11 is 0. The fourth-order valence-corrected chi connectivity index (χ4v) is 2.10. The predicted octanol–water partition coefficient (Wildman–Crippen LogP) is 3.90. The van der Waals surface area contributed by atoms with Gasteiger partial charge in [-0.2, -0.15) is 0 Å². The molecule has 0 saturated carbocycles. The summed E-state index contributed by atoms with van der Waals surface area (Å²) in [6.07, 6.45) is 5.54. The Morgan fingerprint density at radius 2 is 2.00 bits per heavy atom. The fraction of sp³-hybridized carbons (Fsp3) is 0.467. The number of hydrogen-bond acceptors (Lipinski definition) is 1. The molecule has 0 aliphatic heterocycles. The zero-order chi connectivity index (χ0) is 11.8. The van der Waals surface area contributed by atoms with E-state index in [4.69, 9.17) is 0 Å². The predicted molar refractivity (Wildman–Crippen MR) is 69.5 cm³/mol. The standard InChI is InChI=1S/C15H22O/c1-3-5-7-12-15(16)14(4-2)13-10-8-6-9-11-13/h3,6,8-11,14-16H,1,4-5,7,12H2,2H3. The van der Waals surface area contributed by atoms with Gasteiger partial charge >= 0.3 is 0 Å². The van der Waals surface area contributed by atoms with Crippen LogP contribution in [0.2, 0.25) is 0 Å². The molecule has 1 nitrogen and oxygen atoms in total. The molecule has 0 spiro atoms. The van der Waals surface area contributed by atoms with Gasteiger partial charge in [0.1, 0.15) is 0 Å². The maximum Gasteiger partial charge on any atom is 0.0608 e. The molecule has 0 aliphatic carbocycles. The monoisotopic (exact) mass is 218 g/mol. The molecular weight excluding hydrogens is 196 g/mol. The minimum absolute atomic E-state index is 0.229. The van der Waals surface area contributed by atoms with Crippen molar-refractivity contribution in [1.82, 2.24) is 0 Å². The fourth-order valence-electron chi connectivity index (χ4n) is 2.10. The Bertz CT molecular complexity index is 292. The van der Waals surface area contributed by atoms with E-state index in [0.29, 0.717) is 0 Å². The molecule has 1 heteroatoms. The summed E-state index contributed by atoms with van der Waals surface area (Å²) in [7, 11) is 0. The lowest BCUT2D eigenvalue weighted by molar-refractivity contribution is 0.129. The van der Waals surface area contributed by atoms with Crippen molar-refractivity contribution in [3.05, 3.63) is 48.6 Å².